The summed E-state index contributed by atoms with van der Waals surface area (Å²) in [4.78, 5) is 14.7. The van der Waals surface area contributed by atoms with Crippen molar-refractivity contribution in [2.45, 2.75) is 25.7 Å². The fourth-order valence-corrected chi connectivity index (χ4v) is 3.30. The molecule has 0 radical (unpaired) electrons. The highest BCUT2D eigenvalue weighted by Crippen LogP contribution is 2.27. The van der Waals surface area contributed by atoms with Crippen molar-refractivity contribution in [3.63, 3.8) is 0 Å². The van der Waals surface area contributed by atoms with E-state index >= 15 is 0 Å². The van der Waals surface area contributed by atoms with E-state index in [-0.39, 0.29) is 11.8 Å². The van der Waals surface area contributed by atoms with Crippen molar-refractivity contribution in [3.8, 4) is 5.69 Å². The van der Waals surface area contributed by atoms with Gasteiger partial charge in [0.1, 0.15) is 0 Å². The standard InChI is InChI=1S/C19H20N4O2/c1-14-20-21-18(25-14)15-7-11-23(12-8-15)19(24)16-5-4-6-17(13-16)22-9-2-3-10-22/h2-6,9-10,13,15H,7-8,11-12H2,1H3. The van der Waals surface area contributed by atoms with Crippen molar-refractivity contribution in [2.75, 3.05) is 13.1 Å². The highest BCUT2D eigenvalue weighted by atomic mass is 16.4. The Balaban J connectivity index is 1.45. The first kappa shape index (κ1) is 15.6. The van der Waals surface area contributed by atoms with Crippen molar-refractivity contribution in [3.05, 3.63) is 66.1 Å². The van der Waals surface area contributed by atoms with Gasteiger partial charge in [0.15, 0.2) is 0 Å². The van der Waals surface area contributed by atoms with E-state index in [1.165, 1.54) is 0 Å². The van der Waals surface area contributed by atoms with Crippen LogP contribution in [0, 0.1) is 6.92 Å². The summed E-state index contributed by atoms with van der Waals surface area (Å²) in [5, 5.41) is 8.01. The molecule has 6 heteroatoms. The minimum Gasteiger partial charge on any atom is -0.425 e. The van der Waals surface area contributed by atoms with Crippen LogP contribution >= 0.6 is 0 Å². The summed E-state index contributed by atoms with van der Waals surface area (Å²) in [6.07, 6.45) is 5.65. The molecule has 0 bridgehead atoms. The SMILES string of the molecule is Cc1nnc(C2CCN(C(=O)c3cccc(-n4cccc4)c3)CC2)o1. The molecule has 3 heterocycles. The summed E-state index contributed by atoms with van der Waals surface area (Å²) in [5.74, 6) is 1.61. The monoisotopic (exact) mass is 336 g/mol. The maximum atomic E-state index is 12.8. The number of aryl methyl sites for hydroxylation is 1. The van der Waals surface area contributed by atoms with E-state index in [9.17, 15) is 4.79 Å². The maximum Gasteiger partial charge on any atom is 0.253 e. The molecule has 25 heavy (non-hydrogen) atoms. The molecule has 0 atom stereocenters. The molecule has 2 aromatic heterocycles. The van der Waals surface area contributed by atoms with Crippen LogP contribution in [0.4, 0.5) is 0 Å². The van der Waals surface area contributed by atoms with Crippen LogP contribution in [0.1, 0.15) is 40.9 Å². The first-order chi connectivity index (χ1) is 12.2. The molecule has 1 aliphatic rings. The fourth-order valence-electron chi connectivity index (χ4n) is 3.30. The Morgan fingerprint density at radius 3 is 2.56 bits per heavy atom. The molecule has 6 nitrogen and oxygen atoms in total. The molecule has 128 valence electrons. The van der Waals surface area contributed by atoms with Crippen LogP contribution in [0.5, 0.6) is 0 Å². The first-order valence-electron chi connectivity index (χ1n) is 8.53. The van der Waals surface area contributed by atoms with Crippen molar-refractivity contribution >= 4 is 5.91 Å². The van der Waals surface area contributed by atoms with E-state index in [4.69, 9.17) is 4.42 Å². The van der Waals surface area contributed by atoms with Gasteiger partial charge in [0.25, 0.3) is 5.91 Å². The van der Waals surface area contributed by atoms with E-state index in [0.717, 1.165) is 24.1 Å². The number of amides is 1. The number of hydrogen-bond acceptors (Lipinski definition) is 4. The highest BCUT2D eigenvalue weighted by Gasteiger charge is 2.27. The van der Waals surface area contributed by atoms with Crippen LogP contribution in [-0.4, -0.2) is 38.7 Å². The predicted molar refractivity (Wildman–Crippen MR) is 92.7 cm³/mol. The van der Waals surface area contributed by atoms with E-state index in [1.807, 2.05) is 58.3 Å². The van der Waals surface area contributed by atoms with Gasteiger partial charge in [0.05, 0.1) is 0 Å². The van der Waals surface area contributed by atoms with E-state index in [2.05, 4.69) is 10.2 Å². The quantitative estimate of drug-likeness (QED) is 0.737. The largest absolute Gasteiger partial charge is 0.425 e. The Labute approximate surface area is 146 Å². The number of benzene rings is 1. The number of carbonyl (C=O) groups is 1. The Kier molecular flexibility index (Phi) is 4.09. The van der Waals surface area contributed by atoms with Gasteiger partial charge < -0.3 is 13.9 Å². The normalized spacial score (nSPS) is 15.5. The number of nitrogens with zero attached hydrogens (tertiary/aromatic N) is 4. The minimum absolute atomic E-state index is 0.0779. The summed E-state index contributed by atoms with van der Waals surface area (Å²) in [6.45, 7) is 3.21. The first-order valence-corrected chi connectivity index (χ1v) is 8.53. The summed E-state index contributed by atoms with van der Waals surface area (Å²) in [6, 6.07) is 11.7. The molecular formula is C19H20N4O2. The van der Waals surface area contributed by atoms with Crippen molar-refractivity contribution in [2.24, 2.45) is 0 Å². The lowest BCUT2D eigenvalue weighted by Crippen LogP contribution is -2.38. The zero-order valence-corrected chi connectivity index (χ0v) is 14.1. The van der Waals surface area contributed by atoms with Gasteiger partial charge in [-0.15, -0.1) is 10.2 Å². The smallest absolute Gasteiger partial charge is 0.253 e. The zero-order chi connectivity index (χ0) is 17.2. The van der Waals surface area contributed by atoms with Crippen LogP contribution in [0.3, 0.4) is 0 Å². The fraction of sp³-hybridized carbons (Fsp3) is 0.316. The minimum atomic E-state index is 0.0779. The predicted octanol–water partition coefficient (Wildman–Crippen LogP) is 3.19. The lowest BCUT2D eigenvalue weighted by Gasteiger charge is -2.30. The zero-order valence-electron chi connectivity index (χ0n) is 14.1. The molecule has 1 saturated heterocycles. The molecule has 0 saturated carbocycles. The molecule has 1 fully saturated rings. The molecule has 4 rings (SSSR count). The second-order valence-corrected chi connectivity index (χ2v) is 6.37. The number of carbonyl (C=O) groups excluding carboxylic acids is 1. The van der Waals surface area contributed by atoms with Crippen molar-refractivity contribution in [1.29, 1.82) is 0 Å². The van der Waals surface area contributed by atoms with Crippen molar-refractivity contribution in [1.82, 2.24) is 19.7 Å². The highest BCUT2D eigenvalue weighted by molar-refractivity contribution is 5.94. The third-order valence-electron chi connectivity index (χ3n) is 4.67. The number of aromatic nitrogens is 3. The maximum absolute atomic E-state index is 12.8. The molecule has 1 aromatic carbocycles. The average Bonchev–Trinajstić information content (AvgIpc) is 3.33. The van der Waals surface area contributed by atoms with Crippen molar-refractivity contribution < 1.29 is 9.21 Å². The third kappa shape index (κ3) is 3.20. The summed E-state index contributed by atoms with van der Waals surface area (Å²) < 4.78 is 7.53. The molecule has 0 aliphatic carbocycles. The average molecular weight is 336 g/mol. The molecule has 0 N–H and O–H groups in total. The van der Waals surface area contributed by atoms with Gasteiger partial charge in [-0.2, -0.15) is 0 Å². The molecule has 0 unspecified atom stereocenters. The lowest BCUT2D eigenvalue weighted by molar-refractivity contribution is 0.0706. The number of rotatable bonds is 3. The van der Waals surface area contributed by atoms with Crippen LogP contribution < -0.4 is 0 Å². The number of piperidine rings is 1. The van der Waals surface area contributed by atoms with Gasteiger partial charge in [0.2, 0.25) is 11.8 Å². The molecule has 3 aromatic rings. The summed E-state index contributed by atoms with van der Waals surface area (Å²) in [5.41, 5.74) is 1.71. The van der Waals surface area contributed by atoms with E-state index in [0.29, 0.717) is 24.9 Å². The van der Waals surface area contributed by atoms with Crippen LogP contribution in [0.15, 0.2) is 53.2 Å². The lowest BCUT2D eigenvalue weighted by atomic mass is 9.96. The van der Waals surface area contributed by atoms with Gasteiger partial charge >= 0.3 is 0 Å². The Bertz CT molecular complexity index is 861. The van der Waals surface area contributed by atoms with E-state index in [1.54, 1.807) is 6.92 Å². The van der Waals surface area contributed by atoms with Crippen LogP contribution in [0.2, 0.25) is 0 Å². The number of likely N-dealkylation sites (tertiary alicyclic amines) is 1. The van der Waals surface area contributed by atoms with Gasteiger partial charge in [-0.3, -0.25) is 4.79 Å². The van der Waals surface area contributed by atoms with Gasteiger partial charge in [-0.05, 0) is 43.2 Å². The Morgan fingerprint density at radius 1 is 1.12 bits per heavy atom. The summed E-state index contributed by atoms with van der Waals surface area (Å²) in [7, 11) is 0. The molecule has 0 spiro atoms. The molecule has 1 amide bonds. The Hall–Kier alpha value is -2.89. The van der Waals surface area contributed by atoms with Gasteiger partial charge in [-0.25, -0.2) is 0 Å². The molecular weight excluding hydrogens is 316 g/mol. The summed E-state index contributed by atoms with van der Waals surface area (Å²) >= 11 is 0. The second kappa shape index (κ2) is 6.55. The Morgan fingerprint density at radius 2 is 1.88 bits per heavy atom. The number of hydrogen-bond donors (Lipinski definition) is 0. The van der Waals surface area contributed by atoms with Gasteiger partial charge in [-0.1, -0.05) is 6.07 Å². The third-order valence-corrected chi connectivity index (χ3v) is 4.67. The van der Waals surface area contributed by atoms with E-state index < -0.39 is 0 Å². The van der Waals surface area contributed by atoms with Crippen LogP contribution in [-0.2, 0) is 0 Å². The second-order valence-electron chi connectivity index (χ2n) is 6.37. The van der Waals surface area contributed by atoms with Crippen LogP contribution in [0.25, 0.3) is 5.69 Å². The van der Waals surface area contributed by atoms with Gasteiger partial charge in [0, 0.05) is 49.6 Å². The molecule has 1 aliphatic heterocycles. The topological polar surface area (TPSA) is 64.2 Å².